The summed E-state index contributed by atoms with van der Waals surface area (Å²) < 4.78 is 10.2. The van der Waals surface area contributed by atoms with Crippen LogP contribution in [0, 0.1) is 5.92 Å². The van der Waals surface area contributed by atoms with Gasteiger partial charge in [-0.15, -0.1) is 0 Å². The molecule has 5 nitrogen and oxygen atoms in total. The van der Waals surface area contributed by atoms with Crippen molar-refractivity contribution in [3.8, 4) is 5.75 Å². The maximum Gasteiger partial charge on any atom is 0.308 e. The molecular formula is C19H25NO4. The quantitative estimate of drug-likeness (QED) is 0.437. The average molecular weight is 331 g/mol. The first kappa shape index (κ1) is 18.2. The van der Waals surface area contributed by atoms with Gasteiger partial charge in [0.25, 0.3) is 0 Å². The fraction of sp³-hybridized carbons (Fsp3) is 0.474. The van der Waals surface area contributed by atoms with Gasteiger partial charge in [0.2, 0.25) is 6.79 Å². The van der Waals surface area contributed by atoms with Gasteiger partial charge in [-0.25, -0.2) is 0 Å². The van der Waals surface area contributed by atoms with E-state index in [0.29, 0.717) is 12.2 Å². The number of esters is 1. The maximum absolute atomic E-state index is 12.4. The first-order valence-corrected chi connectivity index (χ1v) is 8.27. The number of rotatable bonds is 7. The third-order valence-corrected chi connectivity index (χ3v) is 3.99. The summed E-state index contributed by atoms with van der Waals surface area (Å²) in [4.78, 5) is 25.5. The lowest BCUT2D eigenvalue weighted by Gasteiger charge is -2.13. The van der Waals surface area contributed by atoms with E-state index in [0.717, 1.165) is 30.5 Å². The number of hydrogen-bond acceptors (Lipinski definition) is 5. The van der Waals surface area contributed by atoms with Gasteiger partial charge in [0.15, 0.2) is 5.78 Å². The van der Waals surface area contributed by atoms with Crippen LogP contribution in [0.4, 0.5) is 0 Å². The second-order valence-corrected chi connectivity index (χ2v) is 6.23. The van der Waals surface area contributed by atoms with Crippen LogP contribution in [0.3, 0.4) is 0 Å². The molecule has 1 aromatic rings. The minimum Gasteiger partial charge on any atom is -0.457 e. The van der Waals surface area contributed by atoms with Gasteiger partial charge in [0.1, 0.15) is 5.75 Å². The molecule has 1 atom stereocenters. The zero-order valence-corrected chi connectivity index (χ0v) is 14.6. The van der Waals surface area contributed by atoms with E-state index in [-0.39, 0.29) is 24.5 Å². The Labute approximate surface area is 143 Å². The van der Waals surface area contributed by atoms with Crippen LogP contribution in [0.5, 0.6) is 5.75 Å². The second-order valence-electron chi connectivity index (χ2n) is 6.23. The maximum atomic E-state index is 12.4. The highest BCUT2D eigenvalue weighted by Crippen LogP contribution is 2.29. The summed E-state index contributed by atoms with van der Waals surface area (Å²) in [5, 5.41) is 0. The minimum absolute atomic E-state index is 0.0855. The van der Waals surface area contributed by atoms with Crippen LogP contribution in [0.25, 0.3) is 6.08 Å². The molecule has 5 heteroatoms. The fourth-order valence-corrected chi connectivity index (χ4v) is 2.73. The summed E-state index contributed by atoms with van der Waals surface area (Å²) in [6.45, 7) is 2.45. The monoisotopic (exact) mass is 331 g/mol. The van der Waals surface area contributed by atoms with E-state index in [4.69, 9.17) is 9.47 Å². The third-order valence-electron chi connectivity index (χ3n) is 3.99. The molecule has 0 radical (unpaired) electrons. The molecule has 24 heavy (non-hydrogen) atoms. The number of hydrogen-bond donors (Lipinski definition) is 0. The van der Waals surface area contributed by atoms with Crippen LogP contribution in [0.15, 0.2) is 29.8 Å². The molecule has 130 valence electrons. The van der Waals surface area contributed by atoms with Gasteiger partial charge in [-0.05, 0) is 56.3 Å². The van der Waals surface area contributed by atoms with Gasteiger partial charge in [0.05, 0.1) is 0 Å². The number of ketones is 1. The van der Waals surface area contributed by atoms with Crippen LogP contribution in [0.1, 0.15) is 31.7 Å². The Balaban J connectivity index is 1.91. The highest BCUT2D eigenvalue weighted by atomic mass is 16.7. The van der Waals surface area contributed by atoms with E-state index in [1.165, 1.54) is 0 Å². The Morgan fingerprint density at radius 1 is 1.29 bits per heavy atom. The molecule has 1 fully saturated rings. The Hall–Kier alpha value is -2.14. The molecular weight excluding hydrogens is 306 g/mol. The molecule has 1 aliphatic rings. The third kappa shape index (κ3) is 5.20. The van der Waals surface area contributed by atoms with Crippen molar-refractivity contribution in [1.82, 2.24) is 4.90 Å². The minimum atomic E-state index is -0.289. The predicted molar refractivity (Wildman–Crippen MR) is 92.6 cm³/mol. The predicted octanol–water partition coefficient (Wildman–Crippen LogP) is 2.90. The van der Waals surface area contributed by atoms with Crippen molar-refractivity contribution in [3.05, 3.63) is 35.4 Å². The lowest BCUT2D eigenvalue weighted by molar-refractivity contribution is -0.149. The fourth-order valence-electron chi connectivity index (χ4n) is 2.73. The summed E-state index contributed by atoms with van der Waals surface area (Å²) >= 11 is 0. The van der Waals surface area contributed by atoms with E-state index in [1.54, 1.807) is 6.92 Å². The number of Topliss-reactive ketones (excluding diaryl/α,β-unsaturated/α-hetero) is 1. The number of nitrogens with zero attached hydrogens (tertiary/aromatic N) is 1. The summed E-state index contributed by atoms with van der Waals surface area (Å²) in [5.74, 6) is 0.713. The lowest BCUT2D eigenvalue weighted by atomic mass is 10.0. The Morgan fingerprint density at radius 2 is 2.00 bits per heavy atom. The van der Waals surface area contributed by atoms with E-state index in [9.17, 15) is 9.59 Å². The van der Waals surface area contributed by atoms with E-state index in [1.807, 2.05) is 44.4 Å². The lowest BCUT2D eigenvalue weighted by Crippen LogP contribution is -2.24. The van der Waals surface area contributed by atoms with Gasteiger partial charge < -0.3 is 14.4 Å². The Bertz CT molecular complexity index is 604. The molecule has 0 amide bonds. The van der Waals surface area contributed by atoms with Crippen molar-refractivity contribution < 1.29 is 19.1 Å². The molecule has 1 aliphatic carbocycles. The standard InChI is InChI=1S/C19H25NO4/c1-4-18(21)24-13-23-17-9-5-14(6-10-17)11-15-7-8-16(19(15)22)12-20(2)3/h5-6,9-11,16H,4,7-8,12-13H2,1-3H3/b15-11-/t16-/m1/s1. The smallest absolute Gasteiger partial charge is 0.308 e. The molecule has 2 rings (SSSR count). The SMILES string of the molecule is CCC(=O)OCOc1ccc(/C=C2/CC[C@H](CN(C)C)C2=O)cc1. The largest absolute Gasteiger partial charge is 0.457 e. The molecule has 0 aliphatic heterocycles. The molecule has 0 unspecified atom stereocenters. The van der Waals surface area contributed by atoms with Gasteiger partial charge in [0, 0.05) is 18.9 Å². The molecule has 0 aromatic heterocycles. The van der Waals surface area contributed by atoms with Crippen molar-refractivity contribution >= 4 is 17.8 Å². The molecule has 0 saturated heterocycles. The zero-order valence-electron chi connectivity index (χ0n) is 14.6. The van der Waals surface area contributed by atoms with Crippen molar-refractivity contribution in [3.63, 3.8) is 0 Å². The second kappa shape index (κ2) is 8.64. The first-order chi connectivity index (χ1) is 11.5. The van der Waals surface area contributed by atoms with Crippen LogP contribution in [-0.2, 0) is 14.3 Å². The van der Waals surface area contributed by atoms with E-state index < -0.39 is 0 Å². The normalized spacial score (nSPS) is 19.1. The summed E-state index contributed by atoms with van der Waals surface area (Å²) in [6.07, 6.45) is 4.05. The van der Waals surface area contributed by atoms with Crippen molar-refractivity contribution in [1.29, 1.82) is 0 Å². The molecule has 0 heterocycles. The number of allylic oxidation sites excluding steroid dienone is 1. The number of benzene rings is 1. The molecule has 0 N–H and O–H groups in total. The highest BCUT2D eigenvalue weighted by Gasteiger charge is 2.29. The zero-order chi connectivity index (χ0) is 17.5. The number of carbonyl (C=O) groups is 2. The van der Waals surface area contributed by atoms with Crippen molar-refractivity contribution in [2.45, 2.75) is 26.2 Å². The Kier molecular flexibility index (Phi) is 6.55. The highest BCUT2D eigenvalue weighted by molar-refractivity contribution is 6.03. The van der Waals surface area contributed by atoms with Crippen LogP contribution >= 0.6 is 0 Å². The van der Waals surface area contributed by atoms with Crippen molar-refractivity contribution in [2.75, 3.05) is 27.4 Å². The number of ether oxygens (including phenoxy) is 2. The van der Waals surface area contributed by atoms with Gasteiger partial charge >= 0.3 is 5.97 Å². The number of carbonyl (C=O) groups excluding carboxylic acids is 2. The average Bonchev–Trinajstić information content (AvgIpc) is 2.89. The van der Waals surface area contributed by atoms with E-state index >= 15 is 0 Å². The first-order valence-electron chi connectivity index (χ1n) is 8.27. The van der Waals surface area contributed by atoms with E-state index in [2.05, 4.69) is 4.90 Å². The Morgan fingerprint density at radius 3 is 2.62 bits per heavy atom. The molecule has 0 bridgehead atoms. The van der Waals surface area contributed by atoms with Crippen LogP contribution in [-0.4, -0.2) is 44.1 Å². The summed E-state index contributed by atoms with van der Waals surface area (Å²) in [5.41, 5.74) is 1.87. The summed E-state index contributed by atoms with van der Waals surface area (Å²) in [6, 6.07) is 7.42. The van der Waals surface area contributed by atoms with Gasteiger partial charge in [-0.1, -0.05) is 19.1 Å². The molecule has 0 spiro atoms. The van der Waals surface area contributed by atoms with Crippen molar-refractivity contribution in [2.24, 2.45) is 5.92 Å². The molecule has 1 aromatic carbocycles. The van der Waals surface area contributed by atoms with Crippen LogP contribution < -0.4 is 4.74 Å². The van der Waals surface area contributed by atoms with Gasteiger partial charge in [-0.3, -0.25) is 9.59 Å². The van der Waals surface area contributed by atoms with Gasteiger partial charge in [-0.2, -0.15) is 0 Å². The molecule has 1 saturated carbocycles. The summed E-state index contributed by atoms with van der Waals surface area (Å²) in [7, 11) is 3.98. The topological polar surface area (TPSA) is 55.8 Å². The van der Waals surface area contributed by atoms with Crippen LogP contribution in [0.2, 0.25) is 0 Å².